The molecule has 12 heavy (non-hydrogen) atoms. The number of tetrazole rings is 1. The van der Waals surface area contributed by atoms with E-state index in [0.29, 0.717) is 0 Å². The van der Waals surface area contributed by atoms with Gasteiger partial charge in [-0.1, -0.05) is 10.3 Å². The molecule has 0 aliphatic carbocycles. The zero-order chi connectivity index (χ0) is 9.19. The van der Waals surface area contributed by atoms with E-state index in [1.165, 1.54) is 0 Å². The Kier molecular flexibility index (Phi) is 2.52. The van der Waals surface area contributed by atoms with Crippen LogP contribution in [0.15, 0.2) is 0 Å². The van der Waals surface area contributed by atoms with Gasteiger partial charge in [0.15, 0.2) is 6.73 Å². The number of aromatic nitrogens is 4. The fraction of sp³-hybridized carbons (Fsp3) is 0.500. The summed E-state index contributed by atoms with van der Waals surface area (Å²) in [5.41, 5.74) is 0. The van der Waals surface area contributed by atoms with Gasteiger partial charge in [-0.25, -0.2) is 8.86 Å². The van der Waals surface area contributed by atoms with E-state index < -0.39 is 17.1 Å². The van der Waals surface area contributed by atoms with Crippen molar-refractivity contribution in [3.63, 3.8) is 0 Å². The van der Waals surface area contributed by atoms with E-state index in [9.17, 15) is 8.42 Å². The third-order valence-electron chi connectivity index (χ3n) is 0.863. The van der Waals surface area contributed by atoms with Gasteiger partial charge in [-0.2, -0.15) is 13.6 Å². The van der Waals surface area contributed by atoms with Gasteiger partial charge in [-0.3, -0.25) is 4.55 Å². The number of nitrogens with zero attached hydrogens (tertiary/aromatic N) is 3. The van der Waals surface area contributed by atoms with Gasteiger partial charge in [-0.15, -0.1) is 0 Å². The molecule has 0 unspecified atom stereocenters. The lowest BCUT2D eigenvalue weighted by molar-refractivity contribution is 0.194. The van der Waals surface area contributed by atoms with E-state index >= 15 is 0 Å². The standard InChI is InChI=1S/C2H4N4O4S2/c7-12(8,9)10-1-6-2(11)3-4-5-6/h1H2,(H,3,5,11)(H,7,8,9). The molecule has 0 aliphatic rings. The Morgan fingerprint density at radius 2 is 2.42 bits per heavy atom. The zero-order valence-corrected chi connectivity index (χ0v) is 7.17. The van der Waals surface area contributed by atoms with E-state index in [2.05, 4.69) is 31.9 Å². The summed E-state index contributed by atoms with van der Waals surface area (Å²) in [6, 6.07) is 0. The summed E-state index contributed by atoms with van der Waals surface area (Å²) in [7, 11) is -4.46. The Bertz CT molecular complexity index is 403. The molecule has 0 atom stereocenters. The minimum Gasteiger partial charge on any atom is -0.263 e. The van der Waals surface area contributed by atoms with Crippen molar-refractivity contribution in [1.29, 1.82) is 0 Å². The van der Waals surface area contributed by atoms with E-state index in [-0.39, 0.29) is 4.77 Å². The van der Waals surface area contributed by atoms with Gasteiger partial charge in [0, 0.05) is 0 Å². The van der Waals surface area contributed by atoms with Crippen molar-refractivity contribution in [3.8, 4) is 0 Å². The summed E-state index contributed by atoms with van der Waals surface area (Å²) in [5.74, 6) is 0. The first-order valence-corrected chi connectivity index (χ1v) is 4.36. The number of hydrogen-bond acceptors (Lipinski definition) is 6. The molecular weight excluding hydrogens is 208 g/mol. The van der Waals surface area contributed by atoms with Crippen LogP contribution in [0.2, 0.25) is 0 Å². The average Bonchev–Trinajstić information content (AvgIpc) is 2.29. The van der Waals surface area contributed by atoms with E-state index in [4.69, 9.17) is 4.55 Å². The van der Waals surface area contributed by atoms with Crippen LogP contribution in [0.4, 0.5) is 0 Å². The lowest BCUT2D eigenvalue weighted by Gasteiger charge is -1.97. The molecule has 1 heterocycles. The average molecular weight is 212 g/mol. The number of aromatic amines is 1. The largest absolute Gasteiger partial charge is 0.399 e. The lowest BCUT2D eigenvalue weighted by Crippen LogP contribution is -2.10. The van der Waals surface area contributed by atoms with Gasteiger partial charge in [0.2, 0.25) is 4.77 Å². The Hall–Kier alpha value is -0.840. The Balaban J connectivity index is 2.67. The van der Waals surface area contributed by atoms with Crippen LogP contribution in [-0.2, 0) is 21.3 Å². The van der Waals surface area contributed by atoms with Crippen LogP contribution in [0.5, 0.6) is 0 Å². The molecule has 0 aliphatic heterocycles. The fourth-order valence-corrected chi connectivity index (χ4v) is 0.792. The molecule has 1 aromatic heterocycles. The first-order chi connectivity index (χ1) is 5.49. The maximum atomic E-state index is 10.1. The number of H-pyrrole nitrogens is 1. The molecule has 0 amide bonds. The Morgan fingerprint density at radius 3 is 2.83 bits per heavy atom. The highest BCUT2D eigenvalue weighted by Gasteiger charge is 2.04. The molecule has 1 aromatic rings. The zero-order valence-electron chi connectivity index (χ0n) is 5.54. The maximum absolute atomic E-state index is 10.1. The summed E-state index contributed by atoms with van der Waals surface area (Å²) in [5, 5.41) is 8.81. The van der Waals surface area contributed by atoms with Crippen molar-refractivity contribution < 1.29 is 17.2 Å². The van der Waals surface area contributed by atoms with Crippen LogP contribution in [-0.4, -0.2) is 33.2 Å². The molecule has 0 spiro atoms. The highest BCUT2D eigenvalue weighted by atomic mass is 32.3. The minimum absolute atomic E-state index is 0.0265. The molecule has 68 valence electrons. The van der Waals surface area contributed by atoms with Crippen LogP contribution in [0.25, 0.3) is 0 Å². The monoisotopic (exact) mass is 212 g/mol. The molecule has 8 nitrogen and oxygen atoms in total. The van der Waals surface area contributed by atoms with Crippen LogP contribution >= 0.6 is 12.2 Å². The van der Waals surface area contributed by atoms with Crippen LogP contribution < -0.4 is 0 Å². The third-order valence-corrected chi connectivity index (χ3v) is 1.57. The van der Waals surface area contributed by atoms with Gasteiger partial charge in [0.05, 0.1) is 0 Å². The summed E-state index contributed by atoms with van der Waals surface area (Å²) in [4.78, 5) is 0. The van der Waals surface area contributed by atoms with E-state index in [1.807, 2.05) is 0 Å². The van der Waals surface area contributed by atoms with Crippen molar-refractivity contribution in [3.05, 3.63) is 4.77 Å². The van der Waals surface area contributed by atoms with Crippen molar-refractivity contribution in [2.75, 3.05) is 0 Å². The number of hydrogen-bond donors (Lipinski definition) is 2. The van der Waals surface area contributed by atoms with Crippen molar-refractivity contribution in [2.24, 2.45) is 0 Å². The quantitative estimate of drug-likeness (QED) is 0.494. The van der Waals surface area contributed by atoms with Crippen LogP contribution in [0.3, 0.4) is 0 Å². The van der Waals surface area contributed by atoms with Gasteiger partial charge in [-0.05, 0) is 12.2 Å². The third kappa shape index (κ3) is 2.65. The second-order valence-electron chi connectivity index (χ2n) is 1.69. The van der Waals surface area contributed by atoms with Crippen LogP contribution in [0.1, 0.15) is 0 Å². The topological polar surface area (TPSA) is 110 Å². The molecule has 1 rings (SSSR count). The summed E-state index contributed by atoms with van der Waals surface area (Å²) in [6.45, 7) is -0.481. The van der Waals surface area contributed by atoms with Crippen molar-refractivity contribution in [1.82, 2.24) is 20.2 Å². The van der Waals surface area contributed by atoms with Gasteiger partial charge in [0.1, 0.15) is 0 Å². The normalized spacial score (nSPS) is 11.8. The van der Waals surface area contributed by atoms with Crippen LogP contribution in [0, 0.1) is 4.77 Å². The minimum atomic E-state index is -4.46. The summed E-state index contributed by atoms with van der Waals surface area (Å²) >= 11 is 4.58. The fourth-order valence-electron chi connectivity index (χ4n) is 0.419. The highest BCUT2D eigenvalue weighted by molar-refractivity contribution is 7.80. The van der Waals surface area contributed by atoms with Gasteiger partial charge in [0.25, 0.3) is 0 Å². The Morgan fingerprint density at radius 1 is 1.75 bits per heavy atom. The molecule has 2 N–H and O–H groups in total. The van der Waals surface area contributed by atoms with Gasteiger partial charge < -0.3 is 0 Å². The summed E-state index contributed by atoms with van der Waals surface area (Å²) < 4.78 is 33.3. The second kappa shape index (κ2) is 3.26. The van der Waals surface area contributed by atoms with Gasteiger partial charge >= 0.3 is 10.4 Å². The van der Waals surface area contributed by atoms with Crippen molar-refractivity contribution >= 4 is 22.6 Å². The summed E-state index contributed by atoms with van der Waals surface area (Å²) in [6.07, 6.45) is 0. The second-order valence-corrected chi connectivity index (χ2v) is 3.14. The predicted molar refractivity (Wildman–Crippen MR) is 37.8 cm³/mol. The lowest BCUT2D eigenvalue weighted by atomic mass is 11.1. The first kappa shape index (κ1) is 9.25. The molecule has 0 saturated heterocycles. The number of nitrogens with one attached hydrogen (secondary N) is 1. The van der Waals surface area contributed by atoms with E-state index in [1.54, 1.807) is 0 Å². The highest BCUT2D eigenvalue weighted by Crippen LogP contribution is 1.90. The molecule has 10 heteroatoms. The van der Waals surface area contributed by atoms with E-state index in [0.717, 1.165) is 4.68 Å². The molecule has 0 radical (unpaired) electrons. The maximum Gasteiger partial charge on any atom is 0.399 e. The molecule has 0 aromatic carbocycles. The molecule has 0 fully saturated rings. The van der Waals surface area contributed by atoms with Crippen molar-refractivity contribution in [2.45, 2.75) is 6.73 Å². The molecule has 0 saturated carbocycles. The smallest absolute Gasteiger partial charge is 0.263 e. The Labute approximate surface area is 72.1 Å². The first-order valence-electron chi connectivity index (χ1n) is 2.59. The number of rotatable bonds is 3. The molecular formula is C2H4N4O4S2. The SMILES string of the molecule is O=S(=O)(O)OCn1[nH]nnc1=S. The predicted octanol–water partition coefficient (Wildman–Crippen LogP) is -0.887. The molecule has 0 bridgehead atoms.